The second-order valence-corrected chi connectivity index (χ2v) is 6.52. The molecule has 0 spiro atoms. The van der Waals surface area contributed by atoms with Gasteiger partial charge in [0, 0.05) is 19.0 Å². The molecule has 0 saturated carbocycles. The Balaban J connectivity index is 2.23. The lowest BCUT2D eigenvalue weighted by Crippen LogP contribution is -2.28. The minimum absolute atomic E-state index is 0.0355. The number of hydrogen-bond donors (Lipinski definition) is 0. The van der Waals surface area contributed by atoms with Crippen LogP contribution in [-0.4, -0.2) is 15.8 Å². The van der Waals surface area contributed by atoms with Crippen molar-refractivity contribution in [1.82, 2.24) is 9.97 Å². The van der Waals surface area contributed by atoms with Gasteiger partial charge in [-0.05, 0) is 24.2 Å². The summed E-state index contributed by atoms with van der Waals surface area (Å²) in [5, 5.41) is 0. The molecule has 1 heterocycles. The topological polar surface area (TPSA) is 42.9 Å². The summed E-state index contributed by atoms with van der Waals surface area (Å²) < 4.78 is 0. The van der Waals surface area contributed by atoms with Crippen molar-refractivity contribution >= 4 is 5.78 Å². The van der Waals surface area contributed by atoms with E-state index in [0.717, 1.165) is 36.3 Å². The summed E-state index contributed by atoms with van der Waals surface area (Å²) >= 11 is 0. The Morgan fingerprint density at radius 3 is 2.72 bits per heavy atom. The van der Waals surface area contributed by atoms with E-state index in [9.17, 15) is 4.79 Å². The van der Waals surface area contributed by atoms with Crippen LogP contribution in [0.2, 0.25) is 0 Å². The third-order valence-corrected chi connectivity index (χ3v) is 3.45. The second kappa shape index (κ2) is 4.79. The van der Waals surface area contributed by atoms with Crippen molar-refractivity contribution in [2.75, 3.05) is 0 Å². The summed E-state index contributed by atoms with van der Waals surface area (Å²) in [4.78, 5) is 20.9. The number of carbonyl (C=O) groups is 1. The van der Waals surface area contributed by atoms with E-state index in [1.807, 2.05) is 0 Å². The van der Waals surface area contributed by atoms with E-state index in [0.29, 0.717) is 12.3 Å². The Hall–Kier alpha value is -1.25. The number of Topliss-reactive ketones (excluding diaryl/α,β-unsaturated/α-hetero) is 1. The number of rotatable bonds is 3. The average Bonchev–Trinajstić information content (AvgIpc) is 2.24. The fraction of sp³-hybridized carbons (Fsp3) is 0.667. The van der Waals surface area contributed by atoms with E-state index >= 15 is 0 Å². The Morgan fingerprint density at radius 2 is 2.06 bits per heavy atom. The first kappa shape index (κ1) is 13.2. The van der Waals surface area contributed by atoms with Crippen LogP contribution in [0.1, 0.15) is 62.4 Å². The Morgan fingerprint density at radius 1 is 1.33 bits per heavy atom. The van der Waals surface area contributed by atoms with Gasteiger partial charge < -0.3 is 0 Å². The van der Waals surface area contributed by atoms with Gasteiger partial charge in [0.25, 0.3) is 0 Å². The lowest BCUT2D eigenvalue weighted by atomic mass is 9.76. The third-order valence-electron chi connectivity index (χ3n) is 3.45. The molecule has 1 aliphatic carbocycles. The van der Waals surface area contributed by atoms with E-state index in [-0.39, 0.29) is 11.2 Å². The molecule has 0 unspecified atom stereocenters. The highest BCUT2D eigenvalue weighted by Gasteiger charge is 2.32. The van der Waals surface area contributed by atoms with Gasteiger partial charge in [-0.15, -0.1) is 0 Å². The van der Waals surface area contributed by atoms with E-state index in [1.165, 1.54) is 0 Å². The molecule has 0 radical (unpaired) electrons. The standard InChI is InChI=1S/C15H22N2O/c1-10(2)5-6-14-16-9-11-12(17-14)7-15(3,4)8-13(11)18/h9-10H,5-8H2,1-4H3. The SMILES string of the molecule is CC(C)CCc1ncc2c(n1)CC(C)(C)CC2=O. The molecule has 0 amide bonds. The highest BCUT2D eigenvalue weighted by atomic mass is 16.1. The van der Waals surface area contributed by atoms with E-state index < -0.39 is 0 Å². The van der Waals surface area contributed by atoms with Crippen LogP contribution in [0.15, 0.2) is 6.20 Å². The molecule has 0 saturated heterocycles. The lowest BCUT2D eigenvalue weighted by Gasteiger charge is -2.29. The molecule has 1 aliphatic rings. The average molecular weight is 246 g/mol. The number of aromatic nitrogens is 2. The zero-order chi connectivity index (χ0) is 13.3. The Bertz CT molecular complexity index is 464. The third kappa shape index (κ3) is 2.95. The van der Waals surface area contributed by atoms with Crippen LogP contribution in [0.3, 0.4) is 0 Å². The molecule has 18 heavy (non-hydrogen) atoms. The monoisotopic (exact) mass is 246 g/mol. The van der Waals surface area contributed by atoms with Gasteiger partial charge in [-0.25, -0.2) is 9.97 Å². The second-order valence-electron chi connectivity index (χ2n) is 6.52. The van der Waals surface area contributed by atoms with Crippen molar-refractivity contribution in [3.63, 3.8) is 0 Å². The molecular formula is C15H22N2O. The lowest BCUT2D eigenvalue weighted by molar-refractivity contribution is 0.0909. The summed E-state index contributed by atoms with van der Waals surface area (Å²) in [5.74, 6) is 1.73. The van der Waals surface area contributed by atoms with Gasteiger partial charge in [0.15, 0.2) is 5.78 Å². The fourth-order valence-electron chi connectivity index (χ4n) is 2.41. The summed E-state index contributed by atoms with van der Waals surface area (Å²) in [7, 11) is 0. The van der Waals surface area contributed by atoms with Crippen molar-refractivity contribution in [3.05, 3.63) is 23.3 Å². The predicted octanol–water partition coefficient (Wildman–Crippen LogP) is 3.22. The van der Waals surface area contributed by atoms with E-state index in [2.05, 4.69) is 37.7 Å². The molecular weight excluding hydrogens is 224 g/mol. The summed E-state index contributed by atoms with van der Waals surface area (Å²) in [5.41, 5.74) is 1.72. The first-order valence-corrected chi connectivity index (χ1v) is 6.75. The summed E-state index contributed by atoms with van der Waals surface area (Å²) in [6.07, 6.45) is 5.21. The zero-order valence-corrected chi connectivity index (χ0v) is 11.8. The van der Waals surface area contributed by atoms with Gasteiger partial charge in [-0.2, -0.15) is 0 Å². The van der Waals surface area contributed by atoms with Crippen molar-refractivity contribution in [1.29, 1.82) is 0 Å². The van der Waals surface area contributed by atoms with Gasteiger partial charge in [0.2, 0.25) is 0 Å². The van der Waals surface area contributed by atoms with Crippen molar-refractivity contribution in [2.45, 2.75) is 53.4 Å². The molecule has 2 rings (SSSR count). The summed E-state index contributed by atoms with van der Waals surface area (Å²) in [6, 6.07) is 0. The van der Waals surface area contributed by atoms with Crippen LogP contribution in [-0.2, 0) is 12.8 Å². The van der Waals surface area contributed by atoms with Crippen LogP contribution in [0.5, 0.6) is 0 Å². The highest BCUT2D eigenvalue weighted by molar-refractivity contribution is 5.98. The molecule has 98 valence electrons. The predicted molar refractivity (Wildman–Crippen MR) is 71.6 cm³/mol. The molecule has 0 aliphatic heterocycles. The molecule has 0 N–H and O–H groups in total. The number of ketones is 1. The molecule has 0 atom stereocenters. The molecule has 1 aromatic heterocycles. The van der Waals surface area contributed by atoms with Crippen LogP contribution in [0.4, 0.5) is 0 Å². The molecule has 3 heteroatoms. The van der Waals surface area contributed by atoms with Crippen LogP contribution in [0.25, 0.3) is 0 Å². The quantitative estimate of drug-likeness (QED) is 0.822. The number of nitrogens with zero attached hydrogens (tertiary/aromatic N) is 2. The maximum atomic E-state index is 12.0. The van der Waals surface area contributed by atoms with Crippen molar-refractivity contribution in [3.8, 4) is 0 Å². The number of hydrogen-bond acceptors (Lipinski definition) is 3. The molecule has 0 bridgehead atoms. The molecule has 1 aromatic rings. The fourth-order valence-corrected chi connectivity index (χ4v) is 2.41. The highest BCUT2D eigenvalue weighted by Crippen LogP contribution is 2.33. The Labute approximate surface area is 109 Å². The maximum absolute atomic E-state index is 12.0. The van der Waals surface area contributed by atoms with Gasteiger partial charge in [-0.1, -0.05) is 27.7 Å². The number of carbonyl (C=O) groups excluding carboxylic acids is 1. The minimum Gasteiger partial charge on any atom is -0.294 e. The van der Waals surface area contributed by atoms with E-state index in [1.54, 1.807) is 6.20 Å². The smallest absolute Gasteiger partial charge is 0.166 e. The largest absolute Gasteiger partial charge is 0.294 e. The maximum Gasteiger partial charge on any atom is 0.166 e. The van der Waals surface area contributed by atoms with Gasteiger partial charge >= 0.3 is 0 Å². The first-order chi connectivity index (χ1) is 8.37. The molecule has 0 fully saturated rings. The van der Waals surface area contributed by atoms with Gasteiger partial charge in [-0.3, -0.25) is 4.79 Å². The first-order valence-electron chi connectivity index (χ1n) is 6.75. The van der Waals surface area contributed by atoms with Crippen LogP contribution in [0, 0.1) is 11.3 Å². The number of fused-ring (bicyclic) bond motifs is 1. The van der Waals surface area contributed by atoms with Gasteiger partial charge in [0.05, 0.1) is 11.3 Å². The van der Waals surface area contributed by atoms with Gasteiger partial charge in [0.1, 0.15) is 5.82 Å². The van der Waals surface area contributed by atoms with Crippen LogP contribution >= 0.6 is 0 Å². The minimum atomic E-state index is 0.0355. The van der Waals surface area contributed by atoms with Crippen molar-refractivity contribution < 1.29 is 4.79 Å². The van der Waals surface area contributed by atoms with Crippen LogP contribution < -0.4 is 0 Å². The Kier molecular flexibility index (Phi) is 3.51. The molecule has 0 aromatic carbocycles. The van der Waals surface area contributed by atoms with Crippen molar-refractivity contribution in [2.24, 2.45) is 11.3 Å². The zero-order valence-electron chi connectivity index (χ0n) is 11.8. The normalized spacial score (nSPS) is 17.9. The van der Waals surface area contributed by atoms with E-state index in [4.69, 9.17) is 0 Å². The molecule has 3 nitrogen and oxygen atoms in total. The number of aryl methyl sites for hydroxylation is 1. The summed E-state index contributed by atoms with van der Waals surface area (Å²) in [6.45, 7) is 8.66.